The van der Waals surface area contributed by atoms with Crippen LogP contribution >= 0.6 is 0 Å². The van der Waals surface area contributed by atoms with E-state index >= 15 is 0 Å². The third kappa shape index (κ3) is 1.42. The topological polar surface area (TPSA) is 43.6 Å². The molecule has 0 aliphatic heterocycles. The maximum atomic E-state index is 3.92. The lowest BCUT2D eigenvalue weighted by molar-refractivity contribution is 0.663. The molecular weight excluding hydrogens is 164 g/mol. The molecule has 65 valence electrons. The Labute approximate surface area is 76.2 Å². The fourth-order valence-corrected chi connectivity index (χ4v) is 1.15. The van der Waals surface area contributed by atoms with Gasteiger partial charge in [-0.15, -0.1) is 5.10 Å². The Morgan fingerprint density at radius 3 is 2.69 bits per heavy atom. The van der Waals surface area contributed by atoms with E-state index in [-0.39, 0.29) is 0 Å². The molecule has 0 atom stereocenters. The molecule has 1 aromatic heterocycles. The van der Waals surface area contributed by atoms with Crippen LogP contribution in [0.3, 0.4) is 0 Å². The van der Waals surface area contributed by atoms with Crippen LogP contribution in [0, 0.1) is 6.92 Å². The van der Waals surface area contributed by atoms with Crippen molar-refractivity contribution in [3.63, 3.8) is 0 Å². The van der Waals surface area contributed by atoms with Gasteiger partial charge in [0.2, 0.25) is 0 Å². The second-order valence-electron chi connectivity index (χ2n) is 2.59. The Morgan fingerprint density at radius 1 is 1.23 bits per heavy atom. The average molecular weight is 173 g/mol. The number of tetrazole rings is 1. The van der Waals surface area contributed by atoms with Crippen LogP contribution in [0.1, 0.15) is 0 Å². The van der Waals surface area contributed by atoms with Gasteiger partial charge in [-0.3, -0.25) is 0 Å². The van der Waals surface area contributed by atoms with Crippen LogP contribution in [0.15, 0.2) is 30.3 Å². The van der Waals surface area contributed by atoms with Crippen LogP contribution in [0.25, 0.3) is 11.4 Å². The maximum absolute atomic E-state index is 3.92. The molecule has 4 heteroatoms. The summed E-state index contributed by atoms with van der Waals surface area (Å²) in [6.07, 6.45) is 0. The normalized spacial score (nSPS) is 10.2. The highest BCUT2D eigenvalue weighted by atomic mass is 15.5. The number of hydrogen-bond donors (Lipinski definition) is 0. The third-order valence-corrected chi connectivity index (χ3v) is 1.78. The van der Waals surface area contributed by atoms with Gasteiger partial charge in [-0.25, -0.2) is 4.68 Å². The molecule has 0 fully saturated rings. The Bertz CT molecular complexity index is 380. The van der Waals surface area contributed by atoms with Gasteiger partial charge in [0, 0.05) is 12.1 Å². The van der Waals surface area contributed by atoms with Crippen molar-refractivity contribution < 1.29 is 0 Å². The monoisotopic (exact) mass is 173 g/mol. The Kier molecular flexibility index (Phi) is 2.04. The highest BCUT2D eigenvalue weighted by molar-refractivity contribution is 5.53. The van der Waals surface area contributed by atoms with Crippen molar-refractivity contribution in [2.75, 3.05) is 0 Å². The summed E-state index contributed by atoms with van der Waals surface area (Å²) in [6, 6.07) is 9.81. The molecule has 0 saturated heterocycles. The van der Waals surface area contributed by atoms with Crippen LogP contribution < -0.4 is 0 Å². The highest BCUT2D eigenvalue weighted by Gasteiger charge is 2.05. The van der Waals surface area contributed by atoms with Crippen molar-refractivity contribution in [1.29, 1.82) is 0 Å². The van der Waals surface area contributed by atoms with E-state index in [1.807, 2.05) is 30.3 Å². The molecule has 2 aromatic rings. The number of rotatable bonds is 2. The van der Waals surface area contributed by atoms with Gasteiger partial charge in [-0.1, -0.05) is 30.3 Å². The average Bonchev–Trinajstić information content (AvgIpc) is 2.67. The number of aromatic nitrogens is 4. The fraction of sp³-hybridized carbons (Fsp3) is 0.111. The first-order valence-electron chi connectivity index (χ1n) is 4.02. The Hall–Kier alpha value is -1.71. The summed E-state index contributed by atoms with van der Waals surface area (Å²) in [4.78, 5) is 0. The fourth-order valence-electron chi connectivity index (χ4n) is 1.15. The van der Waals surface area contributed by atoms with E-state index in [9.17, 15) is 0 Å². The predicted octanol–water partition coefficient (Wildman–Crippen LogP) is 1.17. The second kappa shape index (κ2) is 3.35. The lowest BCUT2D eigenvalue weighted by atomic mass is 10.2. The van der Waals surface area contributed by atoms with Crippen LogP contribution in [0.4, 0.5) is 0 Å². The first-order valence-corrected chi connectivity index (χ1v) is 4.02. The molecule has 4 nitrogen and oxygen atoms in total. The van der Waals surface area contributed by atoms with Crippen LogP contribution in [0.2, 0.25) is 0 Å². The second-order valence-corrected chi connectivity index (χ2v) is 2.59. The van der Waals surface area contributed by atoms with Crippen molar-refractivity contribution in [3.8, 4) is 11.4 Å². The van der Waals surface area contributed by atoms with E-state index in [1.165, 1.54) is 0 Å². The van der Waals surface area contributed by atoms with Gasteiger partial charge < -0.3 is 0 Å². The summed E-state index contributed by atoms with van der Waals surface area (Å²) in [6.45, 7) is 4.27. The van der Waals surface area contributed by atoms with Crippen molar-refractivity contribution >= 4 is 0 Å². The molecule has 0 spiro atoms. The molecule has 1 heterocycles. The summed E-state index contributed by atoms with van der Waals surface area (Å²) in [5.74, 6) is 0.760. The van der Waals surface area contributed by atoms with Crippen molar-refractivity contribution in [2.24, 2.45) is 0 Å². The number of benzene rings is 1. The largest absolute Gasteiger partial charge is 0.225 e. The van der Waals surface area contributed by atoms with E-state index in [4.69, 9.17) is 0 Å². The summed E-state index contributed by atoms with van der Waals surface area (Å²) in [5, 5.41) is 11.3. The van der Waals surface area contributed by atoms with E-state index < -0.39 is 0 Å². The Morgan fingerprint density at radius 2 is 2.00 bits per heavy atom. The molecule has 0 aliphatic carbocycles. The van der Waals surface area contributed by atoms with Gasteiger partial charge in [0.15, 0.2) is 5.82 Å². The van der Waals surface area contributed by atoms with Crippen LogP contribution in [-0.4, -0.2) is 20.2 Å². The first-order chi connectivity index (χ1) is 6.42. The standard InChI is InChI=1S/C9H9N4/c1-2-13-9(10-11-12-13)8-6-4-3-5-7-8/h3-7H,1-2H2. The minimum atomic E-state index is 0.539. The van der Waals surface area contributed by atoms with Crippen LogP contribution in [-0.2, 0) is 6.54 Å². The van der Waals surface area contributed by atoms with Crippen LogP contribution in [0.5, 0.6) is 0 Å². The molecule has 0 N–H and O–H groups in total. The zero-order valence-corrected chi connectivity index (χ0v) is 7.09. The molecule has 1 aromatic carbocycles. The molecule has 0 unspecified atom stereocenters. The zero-order chi connectivity index (χ0) is 9.10. The van der Waals surface area contributed by atoms with Gasteiger partial charge in [-0.2, -0.15) is 0 Å². The maximum Gasteiger partial charge on any atom is 0.182 e. The van der Waals surface area contributed by atoms with Gasteiger partial charge in [0.25, 0.3) is 0 Å². The summed E-state index contributed by atoms with van der Waals surface area (Å²) in [7, 11) is 0. The van der Waals surface area contributed by atoms with Crippen molar-refractivity contribution in [3.05, 3.63) is 37.3 Å². The van der Waals surface area contributed by atoms with Gasteiger partial charge >= 0.3 is 0 Å². The molecule has 0 bridgehead atoms. The first kappa shape index (κ1) is 7.91. The molecule has 13 heavy (non-hydrogen) atoms. The van der Waals surface area contributed by atoms with E-state index in [0.717, 1.165) is 11.4 Å². The molecule has 0 aliphatic rings. The molecular formula is C9H9N4. The Balaban J connectivity index is 2.47. The molecule has 0 amide bonds. The number of nitrogens with zero attached hydrogens (tertiary/aromatic N) is 4. The third-order valence-electron chi connectivity index (χ3n) is 1.78. The molecule has 1 radical (unpaired) electrons. The van der Waals surface area contributed by atoms with Crippen molar-refractivity contribution in [1.82, 2.24) is 20.2 Å². The predicted molar refractivity (Wildman–Crippen MR) is 48.6 cm³/mol. The van der Waals surface area contributed by atoms with E-state index in [1.54, 1.807) is 4.68 Å². The summed E-state index contributed by atoms with van der Waals surface area (Å²) < 4.78 is 1.66. The zero-order valence-electron chi connectivity index (χ0n) is 7.09. The lowest BCUT2D eigenvalue weighted by Crippen LogP contribution is -1.99. The summed E-state index contributed by atoms with van der Waals surface area (Å²) in [5.41, 5.74) is 1.01. The molecule has 2 rings (SSSR count). The SMILES string of the molecule is [CH2]Cn1nnnc1-c1ccccc1. The van der Waals surface area contributed by atoms with Gasteiger partial charge in [0.05, 0.1) is 0 Å². The van der Waals surface area contributed by atoms with E-state index in [2.05, 4.69) is 22.4 Å². The molecule has 0 saturated carbocycles. The highest BCUT2D eigenvalue weighted by Crippen LogP contribution is 2.13. The smallest absolute Gasteiger partial charge is 0.182 e. The number of hydrogen-bond acceptors (Lipinski definition) is 3. The van der Waals surface area contributed by atoms with Crippen molar-refractivity contribution in [2.45, 2.75) is 6.54 Å². The van der Waals surface area contributed by atoms with Gasteiger partial charge in [-0.05, 0) is 17.4 Å². The quantitative estimate of drug-likeness (QED) is 0.684. The minimum Gasteiger partial charge on any atom is -0.225 e. The lowest BCUT2D eigenvalue weighted by Gasteiger charge is -1.99. The summed E-state index contributed by atoms with van der Waals surface area (Å²) >= 11 is 0. The van der Waals surface area contributed by atoms with E-state index in [0.29, 0.717) is 6.54 Å². The minimum absolute atomic E-state index is 0.539. The van der Waals surface area contributed by atoms with Gasteiger partial charge in [0.1, 0.15) is 0 Å².